The number of halogens is 1. The first-order valence-electron chi connectivity index (χ1n) is 9.08. The van der Waals surface area contributed by atoms with E-state index in [1.165, 1.54) is 12.1 Å². The van der Waals surface area contributed by atoms with Crippen LogP contribution in [0.1, 0.15) is 22.8 Å². The topological polar surface area (TPSA) is 114 Å². The Hall–Kier alpha value is -2.85. The lowest BCUT2D eigenvalue weighted by molar-refractivity contribution is 0.0954. The summed E-state index contributed by atoms with van der Waals surface area (Å²) in [5.74, 6) is -0.582. The van der Waals surface area contributed by atoms with Crippen molar-refractivity contribution in [3.05, 3.63) is 76.8 Å². The Bertz CT molecular complexity index is 1340. The quantitative estimate of drug-likeness (QED) is 0.302. The minimum absolute atomic E-state index is 0.0558. The molecular formula is C21H17ClN4O3S2. The molecule has 7 nitrogen and oxygen atoms in total. The van der Waals surface area contributed by atoms with E-state index in [1.807, 2.05) is 36.4 Å². The fraction of sp³-hybridized carbons (Fsp3) is 0.0476. The van der Waals surface area contributed by atoms with Crippen LogP contribution in [0, 0.1) is 0 Å². The molecule has 0 aliphatic carbocycles. The minimum atomic E-state index is -4.05. The number of nitrogens with two attached hydrogens (primary N) is 1. The molecule has 0 bridgehead atoms. The summed E-state index contributed by atoms with van der Waals surface area (Å²) < 4.78 is 23.2. The second kappa shape index (κ2) is 8.35. The Kier molecular flexibility index (Phi) is 5.76. The van der Waals surface area contributed by atoms with Gasteiger partial charge < -0.3 is 5.32 Å². The summed E-state index contributed by atoms with van der Waals surface area (Å²) in [6, 6.07) is 17.8. The molecule has 158 valence electrons. The molecule has 1 aliphatic rings. The van der Waals surface area contributed by atoms with Gasteiger partial charge in [0.05, 0.1) is 22.1 Å². The third kappa shape index (κ3) is 4.59. The van der Waals surface area contributed by atoms with Gasteiger partial charge in [0.25, 0.3) is 5.91 Å². The summed E-state index contributed by atoms with van der Waals surface area (Å²) in [5.41, 5.74) is 5.91. The Labute approximate surface area is 188 Å². The summed E-state index contributed by atoms with van der Waals surface area (Å²) in [6.45, 7) is 1.77. The number of anilines is 2. The summed E-state index contributed by atoms with van der Waals surface area (Å²) in [4.78, 5) is 14.4. The molecule has 0 saturated carbocycles. The summed E-state index contributed by atoms with van der Waals surface area (Å²) in [7, 11) is -4.05. The Morgan fingerprint density at radius 3 is 2.52 bits per heavy atom. The van der Waals surface area contributed by atoms with Gasteiger partial charge in [-0.2, -0.15) is 5.10 Å². The van der Waals surface area contributed by atoms with E-state index < -0.39 is 15.9 Å². The predicted molar refractivity (Wildman–Crippen MR) is 123 cm³/mol. The number of primary sulfonamides is 1. The maximum atomic E-state index is 12.4. The van der Waals surface area contributed by atoms with Gasteiger partial charge in [-0.25, -0.2) is 19.0 Å². The summed E-state index contributed by atoms with van der Waals surface area (Å²) in [5, 5.41) is 12.6. The lowest BCUT2D eigenvalue weighted by atomic mass is 10.1. The number of carbonyl (C=O) groups excluding carboxylic acids is 1. The molecule has 4 rings (SSSR count). The number of rotatable bonds is 4. The molecule has 4 N–H and O–H groups in total. The van der Waals surface area contributed by atoms with E-state index in [2.05, 4.69) is 21.9 Å². The molecule has 0 aromatic heterocycles. The zero-order valence-corrected chi connectivity index (χ0v) is 18.6. The first-order chi connectivity index (χ1) is 14.7. The first kappa shape index (κ1) is 21.4. The van der Waals surface area contributed by atoms with Crippen molar-refractivity contribution in [1.29, 1.82) is 0 Å². The molecule has 1 heterocycles. The van der Waals surface area contributed by atoms with Gasteiger partial charge in [-0.05, 0) is 55.0 Å². The molecule has 10 heteroatoms. The van der Waals surface area contributed by atoms with Crippen molar-refractivity contribution >= 4 is 56.4 Å². The third-order valence-corrected chi connectivity index (χ3v) is 7.14. The van der Waals surface area contributed by atoms with Crippen molar-refractivity contribution in [1.82, 2.24) is 5.43 Å². The predicted octanol–water partition coefficient (Wildman–Crippen LogP) is 4.35. The lowest BCUT2D eigenvalue weighted by Gasteiger charge is -2.21. The van der Waals surface area contributed by atoms with E-state index >= 15 is 0 Å². The zero-order valence-electron chi connectivity index (χ0n) is 16.2. The maximum Gasteiger partial charge on any atom is 0.271 e. The van der Waals surface area contributed by atoms with Crippen LogP contribution in [0.15, 0.2) is 80.5 Å². The van der Waals surface area contributed by atoms with Gasteiger partial charge in [0.1, 0.15) is 4.90 Å². The van der Waals surface area contributed by atoms with Gasteiger partial charge in [0, 0.05) is 15.4 Å². The number of nitrogens with zero attached hydrogens (tertiary/aromatic N) is 1. The number of nitrogens with one attached hydrogen (secondary N) is 2. The number of hydrogen-bond acceptors (Lipinski definition) is 6. The number of carbonyl (C=O) groups is 1. The molecule has 0 saturated heterocycles. The number of amides is 1. The Morgan fingerprint density at radius 2 is 1.74 bits per heavy atom. The molecular weight excluding hydrogens is 456 g/mol. The lowest BCUT2D eigenvalue weighted by Crippen LogP contribution is -2.20. The van der Waals surface area contributed by atoms with E-state index in [-0.39, 0.29) is 15.5 Å². The van der Waals surface area contributed by atoms with Crippen molar-refractivity contribution in [2.75, 3.05) is 5.32 Å². The number of hydrogen-bond donors (Lipinski definition) is 3. The molecule has 31 heavy (non-hydrogen) atoms. The molecule has 0 unspecified atom stereocenters. The molecule has 0 spiro atoms. The molecule has 3 aromatic rings. The van der Waals surface area contributed by atoms with Crippen LogP contribution in [0.5, 0.6) is 0 Å². The van der Waals surface area contributed by atoms with Gasteiger partial charge in [-0.1, -0.05) is 41.6 Å². The van der Waals surface area contributed by atoms with E-state index in [1.54, 1.807) is 18.7 Å². The van der Waals surface area contributed by atoms with Crippen LogP contribution in [0.2, 0.25) is 5.02 Å². The first-order valence-corrected chi connectivity index (χ1v) is 11.8. The fourth-order valence-corrected chi connectivity index (χ4v) is 5.03. The number of sulfonamides is 1. The average Bonchev–Trinajstić information content (AvgIpc) is 2.74. The molecule has 0 atom stereocenters. The van der Waals surface area contributed by atoms with Gasteiger partial charge in [0.2, 0.25) is 10.0 Å². The van der Waals surface area contributed by atoms with E-state index in [0.717, 1.165) is 32.8 Å². The highest BCUT2D eigenvalue weighted by Gasteiger charge is 2.17. The van der Waals surface area contributed by atoms with Crippen LogP contribution in [0.3, 0.4) is 0 Å². The second-order valence-electron chi connectivity index (χ2n) is 6.76. The van der Waals surface area contributed by atoms with Gasteiger partial charge in [-0.15, -0.1) is 0 Å². The zero-order chi connectivity index (χ0) is 22.2. The monoisotopic (exact) mass is 472 g/mol. The number of benzene rings is 3. The largest absolute Gasteiger partial charge is 0.354 e. The van der Waals surface area contributed by atoms with Gasteiger partial charge in [-0.3, -0.25) is 4.79 Å². The normalized spacial score (nSPS) is 13.1. The van der Waals surface area contributed by atoms with E-state index in [9.17, 15) is 13.2 Å². The van der Waals surface area contributed by atoms with E-state index in [4.69, 9.17) is 16.7 Å². The van der Waals surface area contributed by atoms with Crippen LogP contribution in [-0.2, 0) is 10.0 Å². The number of fused-ring (bicyclic) bond motifs is 2. The number of hydrazone groups is 1. The summed E-state index contributed by atoms with van der Waals surface area (Å²) >= 11 is 7.54. The van der Waals surface area contributed by atoms with Crippen LogP contribution < -0.4 is 15.9 Å². The minimum Gasteiger partial charge on any atom is -0.354 e. The van der Waals surface area contributed by atoms with Crippen LogP contribution in [-0.4, -0.2) is 20.0 Å². The summed E-state index contributed by atoms with van der Waals surface area (Å²) in [6.07, 6.45) is 0. The Balaban J connectivity index is 1.53. The average molecular weight is 473 g/mol. The van der Waals surface area contributed by atoms with Gasteiger partial charge >= 0.3 is 0 Å². The van der Waals surface area contributed by atoms with Crippen molar-refractivity contribution < 1.29 is 13.2 Å². The molecule has 1 aliphatic heterocycles. The van der Waals surface area contributed by atoms with Crippen molar-refractivity contribution in [3.8, 4) is 0 Å². The van der Waals surface area contributed by atoms with Crippen molar-refractivity contribution in [2.24, 2.45) is 10.2 Å². The van der Waals surface area contributed by atoms with Crippen LogP contribution >= 0.6 is 23.4 Å². The maximum absolute atomic E-state index is 12.4. The smallest absolute Gasteiger partial charge is 0.271 e. The highest BCUT2D eigenvalue weighted by Crippen LogP contribution is 2.44. The molecule has 1 amide bonds. The SMILES string of the molecule is C/C(=N/NC(=O)c1ccc(Cl)c(S(N)(=O)=O)c1)c1ccc2c(c1)Nc1ccccc1S2. The van der Waals surface area contributed by atoms with E-state index in [0.29, 0.717) is 5.71 Å². The van der Waals surface area contributed by atoms with Crippen LogP contribution in [0.25, 0.3) is 0 Å². The van der Waals surface area contributed by atoms with Gasteiger partial charge in [0.15, 0.2) is 0 Å². The molecule has 0 radical (unpaired) electrons. The second-order valence-corrected chi connectivity index (χ2v) is 9.78. The van der Waals surface area contributed by atoms with Crippen molar-refractivity contribution in [2.45, 2.75) is 21.6 Å². The standard InChI is InChI=1S/C21H17ClN4O3S2/c1-12(25-26-21(27)14-6-8-15(22)20(11-14)31(23,28)29)13-7-9-19-17(10-13)24-16-4-2-3-5-18(16)30-19/h2-11,24H,1H3,(H,26,27)(H2,23,28,29)/b25-12-. The number of para-hydroxylation sites is 1. The molecule has 0 fully saturated rings. The Morgan fingerprint density at radius 1 is 1.03 bits per heavy atom. The third-order valence-electron chi connectivity index (χ3n) is 4.60. The fourth-order valence-electron chi connectivity index (χ4n) is 2.99. The highest BCUT2D eigenvalue weighted by atomic mass is 35.5. The highest BCUT2D eigenvalue weighted by molar-refractivity contribution is 7.99. The molecule has 3 aromatic carbocycles. The van der Waals surface area contributed by atoms with Crippen molar-refractivity contribution in [3.63, 3.8) is 0 Å². The van der Waals surface area contributed by atoms with Crippen LogP contribution in [0.4, 0.5) is 11.4 Å².